The third-order valence-electron chi connectivity index (χ3n) is 5.88. The molecule has 0 spiro atoms. The van der Waals surface area contributed by atoms with Crippen molar-refractivity contribution < 1.29 is 4.79 Å². The number of nitrogens with one attached hydrogen (secondary N) is 1. The van der Waals surface area contributed by atoms with E-state index < -0.39 is 0 Å². The van der Waals surface area contributed by atoms with Crippen LogP contribution in [0.15, 0.2) is 67.0 Å². The highest BCUT2D eigenvalue weighted by molar-refractivity contribution is 5.92. The van der Waals surface area contributed by atoms with Gasteiger partial charge in [-0.3, -0.25) is 14.6 Å². The van der Waals surface area contributed by atoms with E-state index in [1.54, 1.807) is 0 Å². The highest BCUT2D eigenvalue weighted by atomic mass is 16.2. The Kier molecular flexibility index (Phi) is 7.12. The second-order valence-electron chi connectivity index (χ2n) is 8.03. The molecule has 162 valence electrons. The lowest BCUT2D eigenvalue weighted by Gasteiger charge is -2.34. The zero-order valence-electron chi connectivity index (χ0n) is 18.2. The Labute approximate surface area is 184 Å². The van der Waals surface area contributed by atoms with Gasteiger partial charge in [0, 0.05) is 62.9 Å². The molecule has 6 nitrogen and oxygen atoms in total. The van der Waals surface area contributed by atoms with E-state index in [0.29, 0.717) is 6.54 Å². The van der Waals surface area contributed by atoms with Crippen LogP contribution in [0.2, 0.25) is 0 Å². The first kappa shape index (κ1) is 21.3. The van der Waals surface area contributed by atoms with Crippen molar-refractivity contribution >= 4 is 11.6 Å². The molecule has 0 unspecified atom stereocenters. The van der Waals surface area contributed by atoms with Gasteiger partial charge in [0.25, 0.3) is 0 Å². The molecule has 2 heterocycles. The number of aryl methyl sites for hydroxylation is 1. The van der Waals surface area contributed by atoms with Crippen molar-refractivity contribution in [1.82, 2.24) is 19.4 Å². The smallest absolute Gasteiger partial charge is 0.238 e. The molecule has 1 N–H and O–H groups in total. The highest BCUT2D eigenvalue weighted by Gasteiger charge is 2.19. The number of carbonyl (C=O) groups excluding carboxylic acids is 1. The maximum absolute atomic E-state index is 12.4. The molecule has 2 aromatic carbocycles. The molecule has 0 radical (unpaired) electrons. The number of hydrogen-bond donors (Lipinski definition) is 1. The van der Waals surface area contributed by atoms with Crippen molar-refractivity contribution in [2.75, 3.05) is 44.6 Å². The van der Waals surface area contributed by atoms with E-state index in [2.05, 4.69) is 62.1 Å². The van der Waals surface area contributed by atoms with Gasteiger partial charge in [-0.05, 0) is 24.1 Å². The van der Waals surface area contributed by atoms with Crippen LogP contribution < -0.4 is 5.32 Å². The number of aromatic nitrogens is 2. The Morgan fingerprint density at radius 2 is 1.65 bits per heavy atom. The molecule has 1 aliphatic rings. The summed E-state index contributed by atoms with van der Waals surface area (Å²) < 4.78 is 2.22. The molecule has 1 saturated heterocycles. The summed E-state index contributed by atoms with van der Waals surface area (Å²) in [5, 5.41) is 3.01. The molecule has 1 aromatic heterocycles. The molecule has 4 rings (SSSR count). The van der Waals surface area contributed by atoms with Gasteiger partial charge in [-0.15, -0.1) is 0 Å². The van der Waals surface area contributed by atoms with Crippen LogP contribution in [0.1, 0.15) is 12.5 Å². The SMILES string of the molecule is CCc1ccc(NC(=O)CN2CCN(CCn3ccnc3-c3ccccc3)CC2)cc1. The fraction of sp³-hybridized carbons (Fsp3) is 0.360. The van der Waals surface area contributed by atoms with Crippen molar-refractivity contribution in [2.24, 2.45) is 0 Å². The van der Waals surface area contributed by atoms with Crippen molar-refractivity contribution in [1.29, 1.82) is 0 Å². The monoisotopic (exact) mass is 417 g/mol. The largest absolute Gasteiger partial charge is 0.330 e. The lowest BCUT2D eigenvalue weighted by atomic mass is 10.1. The van der Waals surface area contributed by atoms with E-state index >= 15 is 0 Å². The second-order valence-corrected chi connectivity index (χ2v) is 8.03. The van der Waals surface area contributed by atoms with Gasteiger partial charge >= 0.3 is 0 Å². The van der Waals surface area contributed by atoms with Crippen LogP contribution in [-0.2, 0) is 17.8 Å². The van der Waals surface area contributed by atoms with Gasteiger partial charge in [0.1, 0.15) is 5.82 Å². The molecule has 1 amide bonds. The average molecular weight is 418 g/mol. The first-order valence-electron chi connectivity index (χ1n) is 11.1. The van der Waals surface area contributed by atoms with Gasteiger partial charge in [-0.1, -0.05) is 49.4 Å². The molecule has 0 saturated carbocycles. The lowest BCUT2D eigenvalue weighted by molar-refractivity contribution is -0.117. The number of amides is 1. The first-order chi connectivity index (χ1) is 15.2. The summed E-state index contributed by atoms with van der Waals surface area (Å²) in [5.74, 6) is 1.08. The fourth-order valence-corrected chi connectivity index (χ4v) is 3.98. The van der Waals surface area contributed by atoms with Crippen LogP contribution in [0, 0.1) is 0 Å². The predicted octanol–water partition coefficient (Wildman–Crippen LogP) is 3.37. The number of nitrogens with zero attached hydrogens (tertiary/aromatic N) is 4. The zero-order chi connectivity index (χ0) is 21.5. The molecule has 31 heavy (non-hydrogen) atoms. The van der Waals surface area contributed by atoms with Gasteiger partial charge in [0.05, 0.1) is 6.54 Å². The zero-order valence-corrected chi connectivity index (χ0v) is 18.2. The Balaban J connectivity index is 1.21. The van der Waals surface area contributed by atoms with Crippen LogP contribution in [0.4, 0.5) is 5.69 Å². The van der Waals surface area contributed by atoms with Crippen molar-refractivity contribution in [3.05, 3.63) is 72.6 Å². The summed E-state index contributed by atoms with van der Waals surface area (Å²) >= 11 is 0. The van der Waals surface area contributed by atoms with E-state index in [1.165, 1.54) is 5.56 Å². The molecule has 6 heteroatoms. The Morgan fingerprint density at radius 1 is 0.935 bits per heavy atom. The highest BCUT2D eigenvalue weighted by Crippen LogP contribution is 2.17. The van der Waals surface area contributed by atoms with E-state index in [4.69, 9.17) is 0 Å². The van der Waals surface area contributed by atoms with Crippen LogP contribution in [0.3, 0.4) is 0 Å². The molecule has 1 aliphatic heterocycles. The van der Waals surface area contributed by atoms with Crippen molar-refractivity contribution in [2.45, 2.75) is 19.9 Å². The number of piperazine rings is 1. The molecule has 1 fully saturated rings. The summed E-state index contributed by atoms with van der Waals surface area (Å²) in [6.45, 7) is 8.27. The number of carbonyl (C=O) groups is 1. The molecular formula is C25H31N5O. The number of anilines is 1. The van der Waals surface area contributed by atoms with Crippen molar-refractivity contribution in [3.63, 3.8) is 0 Å². The first-order valence-corrected chi connectivity index (χ1v) is 11.1. The normalized spacial score (nSPS) is 15.1. The Hall–Kier alpha value is -2.96. The summed E-state index contributed by atoms with van der Waals surface area (Å²) in [5.41, 5.74) is 3.30. The van der Waals surface area contributed by atoms with E-state index in [9.17, 15) is 4.79 Å². The van der Waals surface area contributed by atoms with Gasteiger partial charge in [0.2, 0.25) is 5.91 Å². The fourth-order valence-electron chi connectivity index (χ4n) is 3.98. The second kappa shape index (κ2) is 10.4. The maximum Gasteiger partial charge on any atom is 0.238 e. The predicted molar refractivity (Wildman–Crippen MR) is 125 cm³/mol. The van der Waals surface area contributed by atoms with Crippen LogP contribution in [0.25, 0.3) is 11.4 Å². The van der Waals surface area contributed by atoms with Crippen molar-refractivity contribution in [3.8, 4) is 11.4 Å². The molecular weight excluding hydrogens is 386 g/mol. The quantitative estimate of drug-likeness (QED) is 0.611. The van der Waals surface area contributed by atoms with E-state index in [1.807, 2.05) is 36.5 Å². The summed E-state index contributed by atoms with van der Waals surface area (Å²) in [4.78, 5) is 21.6. The summed E-state index contributed by atoms with van der Waals surface area (Å²) in [6.07, 6.45) is 4.93. The van der Waals surface area contributed by atoms with Gasteiger partial charge in [0.15, 0.2) is 0 Å². The van der Waals surface area contributed by atoms with Crippen LogP contribution in [0.5, 0.6) is 0 Å². The average Bonchev–Trinajstić information content (AvgIpc) is 3.28. The number of imidazole rings is 1. The minimum atomic E-state index is 0.0589. The topological polar surface area (TPSA) is 53.4 Å². The number of rotatable bonds is 8. The minimum Gasteiger partial charge on any atom is -0.330 e. The number of hydrogen-bond acceptors (Lipinski definition) is 4. The van der Waals surface area contributed by atoms with Crippen LogP contribution >= 0.6 is 0 Å². The Bertz CT molecular complexity index is 959. The van der Waals surface area contributed by atoms with Gasteiger partial charge < -0.3 is 9.88 Å². The van der Waals surface area contributed by atoms with Crippen LogP contribution in [-0.4, -0.2) is 64.5 Å². The lowest BCUT2D eigenvalue weighted by Crippen LogP contribution is -2.49. The molecule has 3 aromatic rings. The molecule has 0 atom stereocenters. The third-order valence-corrected chi connectivity index (χ3v) is 5.88. The Morgan fingerprint density at radius 3 is 2.35 bits per heavy atom. The summed E-state index contributed by atoms with van der Waals surface area (Å²) in [6, 6.07) is 18.4. The minimum absolute atomic E-state index is 0.0589. The standard InChI is InChI=1S/C25H31N5O/c1-2-21-8-10-23(11-9-21)27-24(31)20-29-16-14-28(15-17-29)18-19-30-13-12-26-25(30)22-6-4-3-5-7-22/h3-13H,2,14-20H2,1H3,(H,27,31). The molecule has 0 aliphatic carbocycles. The number of benzene rings is 2. The van der Waals surface area contributed by atoms with Gasteiger partial charge in [-0.2, -0.15) is 0 Å². The maximum atomic E-state index is 12.4. The van der Waals surface area contributed by atoms with E-state index in [0.717, 1.165) is 62.8 Å². The molecule has 0 bridgehead atoms. The van der Waals surface area contributed by atoms with Gasteiger partial charge in [-0.25, -0.2) is 4.98 Å². The summed E-state index contributed by atoms with van der Waals surface area (Å²) in [7, 11) is 0. The third kappa shape index (κ3) is 5.81. The van der Waals surface area contributed by atoms with E-state index in [-0.39, 0.29) is 5.91 Å².